The van der Waals surface area contributed by atoms with Crippen molar-refractivity contribution in [1.82, 2.24) is 10.2 Å². The molecule has 1 atom stereocenters. The maximum absolute atomic E-state index is 13.1. The minimum Gasteiger partial charge on any atom is -0.469 e. The van der Waals surface area contributed by atoms with Crippen LogP contribution in [0.2, 0.25) is 0 Å². The molecular formula is C35H53N3O15. The molecule has 2 heterocycles. The molecule has 1 aromatic carbocycles. The van der Waals surface area contributed by atoms with Gasteiger partial charge in [0.05, 0.1) is 144 Å². The first-order valence-electron chi connectivity index (χ1n) is 17.8. The van der Waals surface area contributed by atoms with Gasteiger partial charge in [-0.2, -0.15) is 0 Å². The van der Waals surface area contributed by atoms with Crippen LogP contribution in [0, 0.1) is 0 Å². The van der Waals surface area contributed by atoms with E-state index in [9.17, 15) is 24.0 Å². The number of nitrogens with one attached hydrogen (secondary N) is 2. The van der Waals surface area contributed by atoms with E-state index in [4.69, 9.17) is 42.6 Å². The van der Waals surface area contributed by atoms with Gasteiger partial charge < -0.3 is 52.7 Å². The summed E-state index contributed by atoms with van der Waals surface area (Å²) in [5.74, 6) is -2.48. The molecule has 18 nitrogen and oxygen atoms in total. The fourth-order valence-corrected chi connectivity index (χ4v) is 5.04. The minimum atomic E-state index is -1.01. The van der Waals surface area contributed by atoms with Crippen molar-refractivity contribution in [3.63, 3.8) is 0 Å². The largest absolute Gasteiger partial charge is 0.469 e. The van der Waals surface area contributed by atoms with Gasteiger partial charge >= 0.3 is 5.97 Å². The summed E-state index contributed by atoms with van der Waals surface area (Å²) in [7, 11) is 1.34. The Balaban J connectivity index is 1.03. The van der Waals surface area contributed by atoms with Crippen molar-refractivity contribution in [2.75, 3.05) is 138 Å². The molecule has 4 amide bonds. The Labute approximate surface area is 309 Å². The smallest absolute Gasteiger partial charge is 0.307 e. The second kappa shape index (κ2) is 27.1. The summed E-state index contributed by atoms with van der Waals surface area (Å²) in [5.41, 5.74) is 0.897. The predicted molar refractivity (Wildman–Crippen MR) is 186 cm³/mol. The van der Waals surface area contributed by atoms with E-state index in [0.29, 0.717) is 131 Å². The first kappa shape index (κ1) is 43.8. The number of benzene rings is 1. The van der Waals surface area contributed by atoms with E-state index in [1.165, 1.54) is 7.11 Å². The molecular weight excluding hydrogens is 702 g/mol. The monoisotopic (exact) mass is 755 g/mol. The van der Waals surface area contributed by atoms with Crippen molar-refractivity contribution >= 4 is 35.3 Å². The Morgan fingerprint density at radius 3 is 1.57 bits per heavy atom. The van der Waals surface area contributed by atoms with Crippen molar-refractivity contribution < 1.29 is 71.3 Å². The molecule has 2 aliphatic heterocycles. The lowest BCUT2D eigenvalue weighted by Crippen LogP contribution is -2.54. The third-order valence-corrected chi connectivity index (χ3v) is 7.68. The summed E-state index contributed by atoms with van der Waals surface area (Å²) in [4.78, 5) is 61.8. The van der Waals surface area contributed by atoms with Gasteiger partial charge in [0.25, 0.3) is 11.8 Å². The van der Waals surface area contributed by atoms with E-state index in [0.717, 1.165) is 4.90 Å². The highest BCUT2D eigenvalue weighted by Gasteiger charge is 2.45. The average Bonchev–Trinajstić information content (AvgIpc) is 3.41. The lowest BCUT2D eigenvalue weighted by Gasteiger charge is -2.27. The number of ether oxygens (including phenoxy) is 10. The molecule has 1 saturated heterocycles. The molecule has 0 spiro atoms. The van der Waals surface area contributed by atoms with Crippen molar-refractivity contribution in [2.24, 2.45) is 0 Å². The molecule has 1 fully saturated rings. The van der Waals surface area contributed by atoms with Crippen LogP contribution in [-0.4, -0.2) is 173 Å². The van der Waals surface area contributed by atoms with Gasteiger partial charge in [0.1, 0.15) is 6.04 Å². The van der Waals surface area contributed by atoms with Crippen LogP contribution in [0.3, 0.4) is 0 Å². The van der Waals surface area contributed by atoms with Gasteiger partial charge in [0.15, 0.2) is 0 Å². The van der Waals surface area contributed by atoms with Gasteiger partial charge in [-0.05, 0) is 18.6 Å². The summed E-state index contributed by atoms with van der Waals surface area (Å²) < 4.78 is 53.5. The number of piperidine rings is 1. The van der Waals surface area contributed by atoms with Gasteiger partial charge in [0, 0.05) is 18.7 Å². The SMILES string of the molecule is COC(=O)CCOCCOCCOCCOCCOCCOCCOCCOCCOCCNc1cccc2c1C(=O)N(C1CCC(=O)NC1=O)C2=O. The number of hydrogen-bond donors (Lipinski definition) is 2. The molecule has 18 heteroatoms. The van der Waals surface area contributed by atoms with E-state index in [1.54, 1.807) is 18.2 Å². The lowest BCUT2D eigenvalue weighted by atomic mass is 10.0. The summed E-state index contributed by atoms with van der Waals surface area (Å²) in [6.07, 6.45) is 0.394. The number of carbonyl (C=O) groups is 5. The number of imide groups is 2. The number of rotatable bonds is 32. The Kier molecular flexibility index (Phi) is 22.4. The molecule has 0 aromatic heterocycles. The van der Waals surface area contributed by atoms with E-state index in [1.807, 2.05) is 0 Å². The standard InChI is InChI=1S/C35H53N3O15/c1-44-31(40)7-9-45-11-13-47-15-17-49-19-21-51-23-25-53-26-24-52-22-20-50-18-16-48-14-12-46-10-8-36-28-4-2-3-27-32(28)35(43)38(34(27)42)29-5-6-30(39)37-33(29)41/h2-4,29,36H,5-26H2,1H3,(H,37,39,41). The predicted octanol–water partition coefficient (Wildman–Crippen LogP) is 0.212. The van der Waals surface area contributed by atoms with E-state index >= 15 is 0 Å². The number of methoxy groups -OCH3 is 1. The molecule has 0 saturated carbocycles. The van der Waals surface area contributed by atoms with Crippen LogP contribution >= 0.6 is 0 Å². The van der Waals surface area contributed by atoms with Gasteiger partial charge in [-0.3, -0.25) is 34.2 Å². The number of esters is 1. The molecule has 1 unspecified atom stereocenters. The van der Waals surface area contributed by atoms with E-state index in [-0.39, 0.29) is 36.4 Å². The topological polar surface area (TPSA) is 205 Å². The second-order valence-electron chi connectivity index (χ2n) is 11.4. The molecule has 53 heavy (non-hydrogen) atoms. The van der Waals surface area contributed by atoms with Gasteiger partial charge in [-0.25, -0.2) is 0 Å². The number of amides is 4. The second-order valence-corrected chi connectivity index (χ2v) is 11.4. The summed E-state index contributed by atoms with van der Waals surface area (Å²) >= 11 is 0. The van der Waals surface area contributed by atoms with E-state index < -0.39 is 29.7 Å². The number of fused-ring (bicyclic) bond motifs is 1. The molecule has 0 aliphatic carbocycles. The maximum atomic E-state index is 13.1. The van der Waals surface area contributed by atoms with Crippen molar-refractivity contribution in [1.29, 1.82) is 0 Å². The van der Waals surface area contributed by atoms with Crippen LogP contribution in [0.25, 0.3) is 0 Å². The summed E-state index contributed by atoms with van der Waals surface area (Å²) in [5, 5.41) is 5.32. The van der Waals surface area contributed by atoms with Crippen LogP contribution in [0.1, 0.15) is 40.0 Å². The lowest BCUT2D eigenvalue weighted by molar-refractivity contribution is -0.142. The maximum Gasteiger partial charge on any atom is 0.307 e. The molecule has 298 valence electrons. The average molecular weight is 756 g/mol. The third kappa shape index (κ3) is 17.0. The zero-order valence-electron chi connectivity index (χ0n) is 30.4. The third-order valence-electron chi connectivity index (χ3n) is 7.68. The number of carbonyl (C=O) groups excluding carboxylic acids is 5. The number of nitrogens with zero attached hydrogens (tertiary/aromatic N) is 1. The molecule has 1 aromatic rings. The molecule has 0 bridgehead atoms. The highest BCUT2D eigenvalue weighted by atomic mass is 16.6. The van der Waals surface area contributed by atoms with Crippen molar-refractivity contribution in [3.05, 3.63) is 29.3 Å². The van der Waals surface area contributed by atoms with Crippen LogP contribution in [0.5, 0.6) is 0 Å². The number of anilines is 1. The van der Waals surface area contributed by atoms with Crippen LogP contribution in [0.4, 0.5) is 5.69 Å². The van der Waals surface area contributed by atoms with Crippen molar-refractivity contribution in [3.8, 4) is 0 Å². The first-order chi connectivity index (χ1) is 25.9. The minimum absolute atomic E-state index is 0.0632. The quantitative estimate of drug-likeness (QED) is 0.0573. The highest BCUT2D eigenvalue weighted by molar-refractivity contribution is 6.25. The Morgan fingerprint density at radius 2 is 1.11 bits per heavy atom. The summed E-state index contributed by atoms with van der Waals surface area (Å²) in [6, 6.07) is 3.89. The molecule has 0 radical (unpaired) electrons. The molecule has 2 N–H and O–H groups in total. The fraction of sp³-hybridized carbons (Fsp3) is 0.686. The van der Waals surface area contributed by atoms with Crippen LogP contribution in [0.15, 0.2) is 18.2 Å². The molecule has 3 rings (SSSR count). The van der Waals surface area contributed by atoms with Crippen LogP contribution in [-0.2, 0) is 61.8 Å². The van der Waals surface area contributed by atoms with Crippen molar-refractivity contribution in [2.45, 2.75) is 25.3 Å². The first-order valence-corrected chi connectivity index (χ1v) is 17.8. The number of hydrogen-bond acceptors (Lipinski definition) is 16. The Hall–Kier alpha value is -3.59. The molecule has 2 aliphatic rings. The zero-order valence-corrected chi connectivity index (χ0v) is 30.4. The highest BCUT2D eigenvalue weighted by Crippen LogP contribution is 2.32. The summed E-state index contributed by atoms with van der Waals surface area (Å²) in [6.45, 7) is 8.01. The zero-order chi connectivity index (χ0) is 37.9. The van der Waals surface area contributed by atoms with Gasteiger partial charge in [0.2, 0.25) is 11.8 Å². The Bertz CT molecular complexity index is 1270. The van der Waals surface area contributed by atoms with E-state index in [2.05, 4.69) is 15.4 Å². The fourth-order valence-electron chi connectivity index (χ4n) is 5.04. The Morgan fingerprint density at radius 1 is 0.660 bits per heavy atom. The van der Waals surface area contributed by atoms with Gasteiger partial charge in [-0.1, -0.05) is 6.07 Å². The normalized spacial score (nSPS) is 15.6. The van der Waals surface area contributed by atoms with Crippen LogP contribution < -0.4 is 10.6 Å². The van der Waals surface area contributed by atoms with Gasteiger partial charge in [-0.15, -0.1) is 0 Å².